The molecule has 1 unspecified atom stereocenters. The molecule has 20 heavy (non-hydrogen) atoms. The summed E-state index contributed by atoms with van der Waals surface area (Å²) in [5, 5.41) is 0. The van der Waals surface area contributed by atoms with Gasteiger partial charge < -0.3 is 0 Å². The van der Waals surface area contributed by atoms with Gasteiger partial charge in [-0.25, -0.2) is 0 Å². The first-order valence-corrected chi connectivity index (χ1v) is 9.38. The zero-order valence-corrected chi connectivity index (χ0v) is 13.1. The number of hydrogen-bond donors (Lipinski definition) is 0. The summed E-state index contributed by atoms with van der Waals surface area (Å²) in [7, 11) is -4.12. The van der Waals surface area contributed by atoms with E-state index in [0.717, 1.165) is 11.1 Å². The van der Waals surface area contributed by atoms with Gasteiger partial charge in [-0.05, 0) is 30.9 Å². The highest BCUT2D eigenvalue weighted by molar-refractivity contribution is 7.99. The summed E-state index contributed by atoms with van der Waals surface area (Å²) in [6.07, 6.45) is 1.85. The van der Waals surface area contributed by atoms with E-state index >= 15 is 0 Å². The Morgan fingerprint density at radius 1 is 1.00 bits per heavy atom. The lowest BCUT2D eigenvalue weighted by molar-refractivity contribution is 0.598. The molecule has 0 aliphatic heterocycles. The third-order valence-corrected chi connectivity index (χ3v) is 6.18. The van der Waals surface area contributed by atoms with Crippen LogP contribution >= 0.6 is 0 Å². The molecular weight excluding hydrogens is 290 g/mol. The quantitative estimate of drug-likeness (QED) is 0.870. The highest BCUT2D eigenvalue weighted by atomic mass is 32.3. The average molecular weight is 307 g/mol. The monoisotopic (exact) mass is 307 g/mol. The lowest BCUT2D eigenvalue weighted by atomic mass is 10.2. The lowest BCUT2D eigenvalue weighted by Crippen LogP contribution is -2.01. The summed E-state index contributed by atoms with van der Waals surface area (Å²) in [5.41, 5.74) is 2.13. The Hall–Kier alpha value is -1.46. The Morgan fingerprint density at radius 2 is 1.60 bits per heavy atom. The van der Waals surface area contributed by atoms with Crippen LogP contribution in [0.5, 0.6) is 0 Å². The minimum Gasteiger partial charge on any atom is -0.199 e. The summed E-state index contributed by atoms with van der Waals surface area (Å²) >= 11 is 0. The lowest BCUT2D eigenvalue weighted by Gasteiger charge is -2.04. The van der Waals surface area contributed by atoms with Crippen LogP contribution in [0, 0.1) is 6.92 Å². The van der Waals surface area contributed by atoms with Crippen molar-refractivity contribution in [1.29, 1.82) is 0 Å². The molecule has 2 aromatic carbocycles. The third-order valence-electron chi connectivity index (χ3n) is 2.76. The van der Waals surface area contributed by atoms with Gasteiger partial charge in [0.15, 0.2) is 0 Å². The standard InChI is InChI=1S/C15H17NO2S2/c1-13-8-10-15(11-9-13)20(17,18)16-19(2)12-14-6-4-3-5-7-14/h3-11H,12H2,1-2H3. The van der Waals surface area contributed by atoms with E-state index in [0.29, 0.717) is 5.75 Å². The summed E-state index contributed by atoms with van der Waals surface area (Å²) in [6, 6.07) is 16.6. The molecule has 1 atom stereocenters. The van der Waals surface area contributed by atoms with Gasteiger partial charge in [0.05, 0.1) is 4.90 Å². The van der Waals surface area contributed by atoms with Crippen LogP contribution in [0.25, 0.3) is 0 Å². The zero-order chi connectivity index (χ0) is 14.6. The van der Waals surface area contributed by atoms with E-state index in [1.54, 1.807) is 24.3 Å². The van der Waals surface area contributed by atoms with Gasteiger partial charge in [0, 0.05) is 5.75 Å². The van der Waals surface area contributed by atoms with Crippen LogP contribution in [0.1, 0.15) is 11.1 Å². The van der Waals surface area contributed by atoms with Gasteiger partial charge in [-0.2, -0.15) is 8.42 Å². The largest absolute Gasteiger partial charge is 0.287 e. The van der Waals surface area contributed by atoms with Crippen LogP contribution in [0.15, 0.2) is 63.3 Å². The molecule has 0 amide bonds. The van der Waals surface area contributed by atoms with E-state index in [1.807, 2.05) is 43.5 Å². The normalized spacial score (nSPS) is 13.3. The van der Waals surface area contributed by atoms with Crippen LogP contribution in [-0.2, 0) is 26.5 Å². The van der Waals surface area contributed by atoms with Crippen molar-refractivity contribution in [2.75, 3.05) is 6.26 Å². The highest BCUT2D eigenvalue weighted by Crippen LogP contribution is 2.15. The fraction of sp³-hybridized carbons (Fsp3) is 0.200. The van der Waals surface area contributed by atoms with Gasteiger partial charge in [-0.15, -0.1) is 3.77 Å². The fourth-order valence-corrected chi connectivity index (χ4v) is 4.81. The van der Waals surface area contributed by atoms with Crippen LogP contribution < -0.4 is 0 Å². The Bertz CT molecular complexity index is 705. The zero-order valence-electron chi connectivity index (χ0n) is 11.5. The van der Waals surface area contributed by atoms with Gasteiger partial charge in [-0.3, -0.25) is 0 Å². The minimum atomic E-state index is -3.56. The molecule has 0 spiro atoms. The SMILES string of the molecule is Cc1ccc(S(=O)(=O)N=S(C)Cc2ccccc2)cc1. The first-order valence-electron chi connectivity index (χ1n) is 6.19. The molecule has 0 saturated heterocycles. The molecule has 0 bridgehead atoms. The van der Waals surface area contributed by atoms with Crippen molar-refractivity contribution in [3.8, 4) is 0 Å². The molecule has 0 N–H and O–H groups in total. The number of hydrogen-bond acceptors (Lipinski definition) is 2. The van der Waals surface area contributed by atoms with Crippen molar-refractivity contribution in [2.45, 2.75) is 17.6 Å². The molecular formula is C15H17NO2S2. The number of rotatable bonds is 4. The van der Waals surface area contributed by atoms with Crippen molar-refractivity contribution < 1.29 is 8.42 Å². The van der Waals surface area contributed by atoms with Gasteiger partial charge in [0.25, 0.3) is 10.0 Å². The number of aryl methyl sites for hydroxylation is 1. The Balaban J connectivity index is 2.22. The fourth-order valence-electron chi connectivity index (χ4n) is 1.76. The molecule has 0 heterocycles. The van der Waals surface area contributed by atoms with Gasteiger partial charge in [0.2, 0.25) is 0 Å². The van der Waals surface area contributed by atoms with E-state index in [4.69, 9.17) is 0 Å². The number of benzene rings is 2. The van der Waals surface area contributed by atoms with E-state index in [-0.39, 0.29) is 4.90 Å². The first kappa shape index (κ1) is 14.9. The van der Waals surface area contributed by atoms with Gasteiger partial charge in [0.1, 0.15) is 0 Å². The second-order valence-electron chi connectivity index (χ2n) is 4.59. The highest BCUT2D eigenvalue weighted by Gasteiger charge is 2.12. The molecule has 0 saturated carbocycles. The van der Waals surface area contributed by atoms with Crippen LogP contribution in [0.3, 0.4) is 0 Å². The first-order chi connectivity index (χ1) is 9.47. The number of sulfonamides is 1. The topological polar surface area (TPSA) is 46.5 Å². The Morgan fingerprint density at radius 3 is 2.20 bits per heavy atom. The van der Waals surface area contributed by atoms with E-state index in [9.17, 15) is 8.42 Å². The predicted molar refractivity (Wildman–Crippen MR) is 84.2 cm³/mol. The third kappa shape index (κ3) is 4.02. The molecule has 3 nitrogen and oxygen atoms in total. The molecule has 5 heteroatoms. The van der Waals surface area contributed by atoms with E-state index in [2.05, 4.69) is 3.77 Å². The summed E-state index contributed by atoms with van der Waals surface area (Å²) in [4.78, 5) is 0.260. The Kier molecular flexibility index (Phi) is 4.73. The van der Waals surface area contributed by atoms with Crippen molar-refractivity contribution in [3.63, 3.8) is 0 Å². The van der Waals surface area contributed by atoms with Gasteiger partial charge >= 0.3 is 0 Å². The van der Waals surface area contributed by atoms with Crippen molar-refractivity contribution in [2.24, 2.45) is 3.77 Å². The average Bonchev–Trinajstić information content (AvgIpc) is 2.39. The predicted octanol–water partition coefficient (Wildman–Crippen LogP) is 3.32. The second kappa shape index (κ2) is 6.33. The van der Waals surface area contributed by atoms with Crippen LogP contribution in [0.4, 0.5) is 0 Å². The number of nitrogens with zero attached hydrogens (tertiary/aromatic N) is 1. The summed E-state index contributed by atoms with van der Waals surface area (Å²) < 4.78 is 28.4. The van der Waals surface area contributed by atoms with Crippen LogP contribution in [-0.4, -0.2) is 14.7 Å². The van der Waals surface area contributed by atoms with Crippen molar-refractivity contribution in [3.05, 3.63) is 65.7 Å². The summed E-state index contributed by atoms with van der Waals surface area (Å²) in [5.74, 6) is 0.645. The summed E-state index contributed by atoms with van der Waals surface area (Å²) in [6.45, 7) is 1.92. The van der Waals surface area contributed by atoms with Crippen molar-refractivity contribution in [1.82, 2.24) is 0 Å². The van der Waals surface area contributed by atoms with E-state index < -0.39 is 20.7 Å². The smallest absolute Gasteiger partial charge is 0.199 e. The van der Waals surface area contributed by atoms with Gasteiger partial charge in [-0.1, -0.05) is 58.7 Å². The molecule has 106 valence electrons. The maximum absolute atomic E-state index is 12.2. The Labute approximate surface area is 122 Å². The van der Waals surface area contributed by atoms with E-state index in [1.165, 1.54) is 0 Å². The molecule has 2 rings (SSSR count). The molecule has 0 aromatic heterocycles. The molecule has 0 aliphatic rings. The molecule has 2 aromatic rings. The maximum atomic E-state index is 12.2. The minimum absolute atomic E-state index is 0.260. The second-order valence-corrected chi connectivity index (χ2v) is 8.10. The van der Waals surface area contributed by atoms with Crippen LogP contribution in [0.2, 0.25) is 0 Å². The molecule has 0 fully saturated rings. The maximum Gasteiger partial charge on any atom is 0.287 e. The molecule has 0 radical (unpaired) electrons. The molecule has 0 aliphatic carbocycles. The van der Waals surface area contributed by atoms with Crippen molar-refractivity contribution >= 4 is 20.7 Å².